The summed E-state index contributed by atoms with van der Waals surface area (Å²) in [5.41, 5.74) is 0.815. The number of nitrogens with zero attached hydrogens (tertiary/aromatic N) is 3. The minimum Gasteiger partial charge on any atom is -0.496 e. The van der Waals surface area contributed by atoms with Crippen molar-refractivity contribution in [2.45, 2.75) is 17.9 Å². The second kappa shape index (κ2) is 5.87. The summed E-state index contributed by atoms with van der Waals surface area (Å²) in [6.45, 7) is 1.83. The third kappa shape index (κ3) is 2.93. The highest BCUT2D eigenvalue weighted by molar-refractivity contribution is 7.89. The van der Waals surface area contributed by atoms with Crippen LogP contribution in [0.2, 0.25) is 0 Å². The van der Waals surface area contributed by atoms with E-state index in [1.165, 1.54) is 21.4 Å². The van der Waals surface area contributed by atoms with Crippen molar-refractivity contribution in [1.29, 1.82) is 0 Å². The number of methoxy groups -OCH3 is 1. The van der Waals surface area contributed by atoms with Crippen molar-refractivity contribution in [2.75, 3.05) is 14.2 Å². The summed E-state index contributed by atoms with van der Waals surface area (Å²) in [4.78, 5) is 0.175. The molecule has 7 heteroatoms. The molecule has 0 radical (unpaired) electrons. The third-order valence-electron chi connectivity index (χ3n) is 3.49. The van der Waals surface area contributed by atoms with Gasteiger partial charge in [-0.2, -0.15) is 9.40 Å². The molecule has 0 aliphatic rings. The van der Waals surface area contributed by atoms with Gasteiger partial charge in [-0.1, -0.05) is 18.2 Å². The molecule has 1 atom stereocenters. The van der Waals surface area contributed by atoms with Crippen molar-refractivity contribution < 1.29 is 13.2 Å². The Labute approximate surface area is 125 Å². The van der Waals surface area contributed by atoms with Gasteiger partial charge < -0.3 is 4.74 Å². The Balaban J connectivity index is 2.37. The zero-order valence-corrected chi connectivity index (χ0v) is 13.3. The Morgan fingerprint density at radius 3 is 2.57 bits per heavy atom. The average Bonchev–Trinajstić information content (AvgIpc) is 2.93. The lowest BCUT2D eigenvalue weighted by atomic mass is 10.1. The van der Waals surface area contributed by atoms with Crippen LogP contribution in [0, 0.1) is 0 Å². The zero-order chi connectivity index (χ0) is 15.6. The number of hydrogen-bond acceptors (Lipinski definition) is 4. The summed E-state index contributed by atoms with van der Waals surface area (Å²) in [5.74, 6) is 0.665. The number of sulfonamides is 1. The van der Waals surface area contributed by atoms with Crippen LogP contribution in [0.4, 0.5) is 0 Å². The van der Waals surface area contributed by atoms with E-state index in [2.05, 4.69) is 5.10 Å². The number of aromatic nitrogens is 2. The summed E-state index contributed by atoms with van der Waals surface area (Å²) in [6.07, 6.45) is 2.83. The molecule has 6 nitrogen and oxygen atoms in total. The molecule has 0 amide bonds. The van der Waals surface area contributed by atoms with Crippen LogP contribution >= 0.6 is 0 Å². The van der Waals surface area contributed by atoms with Crippen LogP contribution in [-0.2, 0) is 17.1 Å². The number of rotatable bonds is 5. The minimum atomic E-state index is -3.60. The molecule has 21 heavy (non-hydrogen) atoms. The molecule has 0 saturated heterocycles. The van der Waals surface area contributed by atoms with E-state index in [0.29, 0.717) is 5.75 Å². The largest absolute Gasteiger partial charge is 0.496 e. The molecule has 114 valence electrons. The number of benzene rings is 1. The fraction of sp³-hybridized carbons (Fsp3) is 0.357. The van der Waals surface area contributed by atoms with E-state index in [9.17, 15) is 8.42 Å². The molecule has 0 bridgehead atoms. The highest BCUT2D eigenvalue weighted by Gasteiger charge is 2.28. The Morgan fingerprint density at radius 2 is 2.00 bits per heavy atom. The number of aryl methyl sites for hydroxylation is 1. The molecule has 0 N–H and O–H groups in total. The molecule has 1 aromatic carbocycles. The van der Waals surface area contributed by atoms with Gasteiger partial charge in [0.05, 0.1) is 19.3 Å². The van der Waals surface area contributed by atoms with Gasteiger partial charge in [0.15, 0.2) is 0 Å². The Kier molecular flexibility index (Phi) is 4.34. The molecular weight excluding hydrogens is 290 g/mol. The quantitative estimate of drug-likeness (QED) is 0.845. The first-order valence-corrected chi connectivity index (χ1v) is 7.91. The first-order chi connectivity index (χ1) is 9.87. The van der Waals surface area contributed by atoms with Gasteiger partial charge >= 0.3 is 0 Å². The van der Waals surface area contributed by atoms with Gasteiger partial charge in [-0.3, -0.25) is 4.68 Å². The average molecular weight is 309 g/mol. The second-order valence-corrected chi connectivity index (χ2v) is 6.79. The molecule has 0 aliphatic carbocycles. The topological polar surface area (TPSA) is 64.4 Å². The predicted octanol–water partition coefficient (Wildman–Crippen LogP) is 1.81. The Hall–Kier alpha value is -1.86. The van der Waals surface area contributed by atoms with Gasteiger partial charge in [-0.05, 0) is 13.0 Å². The molecule has 0 spiro atoms. The van der Waals surface area contributed by atoms with E-state index in [-0.39, 0.29) is 10.9 Å². The summed E-state index contributed by atoms with van der Waals surface area (Å²) >= 11 is 0. The van der Waals surface area contributed by atoms with E-state index in [0.717, 1.165) is 5.56 Å². The predicted molar refractivity (Wildman–Crippen MR) is 79.6 cm³/mol. The van der Waals surface area contributed by atoms with Crippen LogP contribution in [0.3, 0.4) is 0 Å². The molecule has 1 unspecified atom stereocenters. The standard InChI is InChI=1S/C14H19N3O3S/c1-11(13-7-5-6-8-14(13)20-4)17(3)21(18,19)12-9-15-16(2)10-12/h5-11H,1-4H3. The van der Waals surface area contributed by atoms with Crippen LogP contribution in [0.15, 0.2) is 41.6 Å². The van der Waals surface area contributed by atoms with Crippen LogP contribution in [-0.4, -0.2) is 36.7 Å². The van der Waals surface area contributed by atoms with E-state index in [1.807, 2.05) is 31.2 Å². The first kappa shape index (κ1) is 15.5. The smallest absolute Gasteiger partial charge is 0.246 e. The highest BCUT2D eigenvalue weighted by Crippen LogP contribution is 2.31. The second-order valence-electron chi connectivity index (χ2n) is 4.79. The molecule has 0 fully saturated rings. The van der Waals surface area contributed by atoms with Crippen LogP contribution < -0.4 is 4.74 Å². The molecule has 1 heterocycles. The van der Waals surface area contributed by atoms with Gasteiger partial charge in [0.25, 0.3) is 0 Å². The summed E-state index contributed by atoms with van der Waals surface area (Å²) < 4.78 is 33.3. The van der Waals surface area contributed by atoms with Crippen molar-refractivity contribution in [1.82, 2.24) is 14.1 Å². The van der Waals surface area contributed by atoms with Crippen LogP contribution in [0.1, 0.15) is 18.5 Å². The fourth-order valence-corrected chi connectivity index (χ4v) is 3.44. The van der Waals surface area contributed by atoms with Crippen molar-refractivity contribution >= 4 is 10.0 Å². The lowest BCUT2D eigenvalue weighted by Gasteiger charge is -2.25. The SMILES string of the molecule is COc1ccccc1C(C)N(C)S(=O)(=O)c1cnn(C)c1. The Morgan fingerprint density at radius 1 is 1.33 bits per heavy atom. The normalized spacial score (nSPS) is 13.4. The maximum atomic E-state index is 12.6. The maximum Gasteiger partial charge on any atom is 0.246 e. The van der Waals surface area contributed by atoms with Crippen molar-refractivity contribution in [3.63, 3.8) is 0 Å². The van der Waals surface area contributed by atoms with Crippen LogP contribution in [0.25, 0.3) is 0 Å². The Bertz CT molecular complexity index is 725. The van der Waals surface area contributed by atoms with E-state index >= 15 is 0 Å². The summed E-state index contributed by atoms with van der Waals surface area (Å²) in [7, 11) is 1.21. The lowest BCUT2D eigenvalue weighted by molar-refractivity contribution is 0.367. The molecule has 2 aromatic rings. The first-order valence-electron chi connectivity index (χ1n) is 6.47. The number of para-hydroxylation sites is 1. The van der Waals surface area contributed by atoms with Crippen molar-refractivity contribution in [3.05, 3.63) is 42.2 Å². The van der Waals surface area contributed by atoms with Crippen LogP contribution in [0.5, 0.6) is 5.75 Å². The van der Waals surface area contributed by atoms with Gasteiger partial charge in [0, 0.05) is 25.9 Å². The molecule has 2 rings (SSSR count). The summed E-state index contributed by atoms with van der Waals surface area (Å²) in [6, 6.07) is 7.03. The number of ether oxygens (including phenoxy) is 1. The van der Waals surface area contributed by atoms with Gasteiger partial charge in [-0.15, -0.1) is 0 Å². The third-order valence-corrected chi connectivity index (χ3v) is 5.37. The lowest BCUT2D eigenvalue weighted by Crippen LogP contribution is -2.29. The van der Waals surface area contributed by atoms with Gasteiger partial charge in [-0.25, -0.2) is 8.42 Å². The molecule has 0 saturated carbocycles. The molecule has 0 aliphatic heterocycles. The van der Waals surface area contributed by atoms with Gasteiger partial charge in [0.1, 0.15) is 10.6 Å². The zero-order valence-electron chi connectivity index (χ0n) is 12.5. The fourth-order valence-electron chi connectivity index (χ4n) is 2.11. The maximum absolute atomic E-state index is 12.6. The highest BCUT2D eigenvalue weighted by atomic mass is 32.2. The van der Waals surface area contributed by atoms with E-state index in [4.69, 9.17) is 4.74 Å². The van der Waals surface area contributed by atoms with Crippen molar-refractivity contribution in [2.24, 2.45) is 7.05 Å². The summed E-state index contributed by atoms with van der Waals surface area (Å²) in [5, 5.41) is 3.92. The monoisotopic (exact) mass is 309 g/mol. The number of hydrogen-bond donors (Lipinski definition) is 0. The van der Waals surface area contributed by atoms with E-state index in [1.54, 1.807) is 21.2 Å². The van der Waals surface area contributed by atoms with Crippen molar-refractivity contribution in [3.8, 4) is 5.75 Å². The minimum absolute atomic E-state index is 0.175. The van der Waals surface area contributed by atoms with Gasteiger partial charge in [0.2, 0.25) is 10.0 Å². The molecule has 1 aromatic heterocycles. The molecular formula is C14H19N3O3S. The van der Waals surface area contributed by atoms with E-state index < -0.39 is 10.0 Å².